The first-order valence-corrected chi connectivity index (χ1v) is 17.8. The molecule has 0 fully saturated rings. The molecule has 44 heavy (non-hydrogen) atoms. The van der Waals surface area contributed by atoms with E-state index < -0.39 is 60.7 Å². The molecule has 12 nitrogen and oxygen atoms in total. The monoisotopic (exact) mass is 678 g/mol. The van der Waals surface area contributed by atoms with Gasteiger partial charge in [-0.25, -0.2) is 0 Å². The first-order chi connectivity index (χ1) is 20.4. The number of hydrogen-bond donors (Lipinski definition) is 4. The maximum atomic E-state index is 12.5. The van der Waals surface area contributed by atoms with Crippen molar-refractivity contribution in [3.8, 4) is 11.1 Å². The van der Waals surface area contributed by atoms with Crippen molar-refractivity contribution in [1.82, 2.24) is 0 Å². The van der Waals surface area contributed by atoms with Crippen molar-refractivity contribution in [2.24, 2.45) is 0 Å². The Bertz CT molecular complexity index is 2250. The first kappa shape index (κ1) is 32.9. The standard InChI is InChI=1S/C28H22O12S4/c29-41(30,31)25-7-3-1-5-21(25)14-11-19-9-12-20(13-10-19)24-18-17-23(27(43(35,36)37)28(24)44(38,39)40)16-15-22-6-2-4-8-26(22)42(32,33)34/h1-18H,(H,29,30,31)(H,32,33,34)(H,35,36,37)(H,38,39,40). The molecule has 0 radical (unpaired) electrons. The summed E-state index contributed by atoms with van der Waals surface area (Å²) in [6.07, 6.45) is 4.98. The van der Waals surface area contributed by atoms with Crippen molar-refractivity contribution in [2.45, 2.75) is 19.6 Å². The van der Waals surface area contributed by atoms with Crippen LogP contribution in [0.15, 0.2) is 105 Å². The Morgan fingerprint density at radius 1 is 0.409 bits per heavy atom. The second-order valence-electron chi connectivity index (χ2n) is 9.13. The van der Waals surface area contributed by atoms with E-state index in [1.165, 1.54) is 78.9 Å². The van der Waals surface area contributed by atoms with Crippen LogP contribution in [0.25, 0.3) is 35.4 Å². The zero-order chi connectivity index (χ0) is 32.5. The Labute approximate surface area is 253 Å². The lowest BCUT2D eigenvalue weighted by Gasteiger charge is -2.14. The average molecular weight is 679 g/mol. The summed E-state index contributed by atoms with van der Waals surface area (Å²) in [6, 6.07) is 18.8. The average Bonchev–Trinajstić information content (AvgIpc) is 2.93. The third kappa shape index (κ3) is 7.55. The zero-order valence-electron chi connectivity index (χ0n) is 22.1. The van der Waals surface area contributed by atoms with E-state index in [2.05, 4.69) is 0 Å². The van der Waals surface area contributed by atoms with Crippen LogP contribution in [-0.2, 0) is 40.5 Å². The molecular formula is C28H22O12S4. The van der Waals surface area contributed by atoms with E-state index in [4.69, 9.17) is 0 Å². The van der Waals surface area contributed by atoms with E-state index in [1.807, 2.05) is 0 Å². The topological polar surface area (TPSA) is 217 Å². The van der Waals surface area contributed by atoms with Gasteiger partial charge in [0.15, 0.2) is 0 Å². The van der Waals surface area contributed by atoms with E-state index >= 15 is 0 Å². The van der Waals surface area contributed by atoms with E-state index in [9.17, 15) is 51.9 Å². The highest BCUT2D eigenvalue weighted by atomic mass is 32.2. The van der Waals surface area contributed by atoms with Gasteiger partial charge in [0.25, 0.3) is 40.5 Å². The predicted molar refractivity (Wildman–Crippen MR) is 162 cm³/mol. The quantitative estimate of drug-likeness (QED) is 0.140. The normalized spacial score (nSPS) is 13.1. The van der Waals surface area contributed by atoms with Gasteiger partial charge in [-0.15, -0.1) is 0 Å². The maximum Gasteiger partial charge on any atom is 0.296 e. The molecule has 4 rings (SSSR count). The molecule has 4 N–H and O–H groups in total. The molecular weight excluding hydrogens is 657 g/mol. The molecule has 0 unspecified atom stereocenters. The van der Waals surface area contributed by atoms with Crippen molar-refractivity contribution in [3.63, 3.8) is 0 Å². The minimum absolute atomic E-state index is 0.0865. The molecule has 0 bridgehead atoms. The van der Waals surface area contributed by atoms with Crippen LogP contribution in [0.5, 0.6) is 0 Å². The SMILES string of the molecule is O=S(=O)(O)c1ccccc1C=Cc1ccc(-c2ccc(C=Cc3ccccc3S(=O)(=O)O)c(S(=O)(=O)O)c2S(=O)(=O)O)cc1. The van der Waals surface area contributed by atoms with Crippen LogP contribution in [0, 0.1) is 0 Å². The third-order valence-corrected chi connectivity index (χ3v) is 10.1. The molecule has 0 atom stereocenters. The summed E-state index contributed by atoms with van der Waals surface area (Å²) in [6.45, 7) is 0. The molecule has 0 heterocycles. The minimum atomic E-state index is -5.32. The predicted octanol–water partition coefficient (Wildman–Crippen LogP) is 4.68. The Balaban J connectivity index is 1.82. The molecule has 4 aromatic rings. The fraction of sp³-hybridized carbons (Fsp3) is 0. The maximum absolute atomic E-state index is 12.5. The lowest BCUT2D eigenvalue weighted by molar-refractivity contribution is 0.466. The molecule has 0 aliphatic carbocycles. The zero-order valence-corrected chi connectivity index (χ0v) is 25.3. The summed E-state index contributed by atoms with van der Waals surface area (Å²) < 4.78 is 136. The highest BCUT2D eigenvalue weighted by Crippen LogP contribution is 2.36. The van der Waals surface area contributed by atoms with Crippen LogP contribution in [-0.4, -0.2) is 51.9 Å². The number of hydrogen-bond acceptors (Lipinski definition) is 8. The summed E-state index contributed by atoms with van der Waals surface area (Å²) in [5, 5.41) is 0. The smallest absolute Gasteiger partial charge is 0.282 e. The van der Waals surface area contributed by atoms with Crippen molar-refractivity contribution in [1.29, 1.82) is 0 Å². The number of rotatable bonds is 9. The van der Waals surface area contributed by atoms with Gasteiger partial charge in [0.05, 0.1) is 0 Å². The highest BCUT2D eigenvalue weighted by Gasteiger charge is 2.30. The Morgan fingerprint density at radius 2 is 0.841 bits per heavy atom. The highest BCUT2D eigenvalue weighted by molar-refractivity contribution is 7.89. The van der Waals surface area contributed by atoms with Crippen LogP contribution < -0.4 is 0 Å². The largest absolute Gasteiger partial charge is 0.296 e. The Kier molecular flexibility index (Phi) is 9.11. The van der Waals surface area contributed by atoms with E-state index in [-0.39, 0.29) is 27.1 Å². The van der Waals surface area contributed by atoms with Gasteiger partial charge in [-0.1, -0.05) is 97.1 Å². The second-order valence-corrected chi connectivity index (χ2v) is 14.6. The molecule has 0 aliphatic heterocycles. The molecule has 0 spiro atoms. The molecule has 0 saturated carbocycles. The van der Waals surface area contributed by atoms with Crippen LogP contribution >= 0.6 is 0 Å². The van der Waals surface area contributed by atoms with Gasteiger partial charge in [0.2, 0.25) is 0 Å². The summed E-state index contributed by atoms with van der Waals surface area (Å²) in [7, 11) is -19.8. The summed E-state index contributed by atoms with van der Waals surface area (Å²) in [4.78, 5) is -3.16. The summed E-state index contributed by atoms with van der Waals surface area (Å²) in [5.74, 6) is 0. The lowest BCUT2D eigenvalue weighted by atomic mass is 10.0. The van der Waals surface area contributed by atoms with Gasteiger partial charge < -0.3 is 0 Å². The molecule has 230 valence electrons. The van der Waals surface area contributed by atoms with Gasteiger partial charge in [-0.2, -0.15) is 33.7 Å². The van der Waals surface area contributed by atoms with Gasteiger partial charge in [-0.05, 0) is 39.9 Å². The molecule has 0 aromatic heterocycles. The van der Waals surface area contributed by atoms with E-state index in [0.29, 0.717) is 5.56 Å². The molecule has 4 aromatic carbocycles. The van der Waals surface area contributed by atoms with Crippen LogP contribution in [0.2, 0.25) is 0 Å². The Hall–Kier alpha value is -4.00. The van der Waals surface area contributed by atoms with Gasteiger partial charge in [0, 0.05) is 5.56 Å². The lowest BCUT2D eigenvalue weighted by Crippen LogP contribution is -2.12. The summed E-state index contributed by atoms with van der Waals surface area (Å²) >= 11 is 0. The van der Waals surface area contributed by atoms with Crippen LogP contribution in [0.1, 0.15) is 22.3 Å². The van der Waals surface area contributed by atoms with E-state index in [0.717, 1.165) is 24.3 Å². The van der Waals surface area contributed by atoms with Crippen molar-refractivity contribution in [3.05, 3.63) is 107 Å². The molecule has 0 amide bonds. The van der Waals surface area contributed by atoms with Gasteiger partial charge in [0.1, 0.15) is 19.6 Å². The van der Waals surface area contributed by atoms with Crippen LogP contribution in [0.4, 0.5) is 0 Å². The third-order valence-electron chi connectivity index (χ3n) is 6.17. The van der Waals surface area contributed by atoms with E-state index in [1.54, 1.807) is 6.07 Å². The summed E-state index contributed by atoms with van der Waals surface area (Å²) in [5.41, 5.74) is -0.0384. The fourth-order valence-electron chi connectivity index (χ4n) is 4.30. The Morgan fingerprint density at radius 3 is 1.30 bits per heavy atom. The minimum Gasteiger partial charge on any atom is -0.282 e. The van der Waals surface area contributed by atoms with Gasteiger partial charge in [-0.3, -0.25) is 18.2 Å². The first-order valence-electron chi connectivity index (χ1n) is 12.1. The van der Waals surface area contributed by atoms with Crippen LogP contribution in [0.3, 0.4) is 0 Å². The molecule has 0 aliphatic rings. The van der Waals surface area contributed by atoms with Crippen molar-refractivity contribution < 1.29 is 51.9 Å². The number of benzene rings is 4. The second kappa shape index (κ2) is 12.2. The molecule has 16 heteroatoms. The van der Waals surface area contributed by atoms with Gasteiger partial charge >= 0.3 is 0 Å². The fourth-order valence-corrected chi connectivity index (χ4v) is 7.90. The molecule has 0 saturated heterocycles. The van der Waals surface area contributed by atoms with Crippen molar-refractivity contribution in [2.75, 3.05) is 0 Å². The van der Waals surface area contributed by atoms with Crippen molar-refractivity contribution >= 4 is 64.8 Å².